The number of hydrogen-bond acceptors (Lipinski definition) is 7. The molecule has 2 unspecified atom stereocenters. The second-order valence-electron chi connectivity index (χ2n) is 8.03. The van der Waals surface area contributed by atoms with Crippen molar-refractivity contribution < 1.29 is 13.9 Å². The fourth-order valence-corrected chi connectivity index (χ4v) is 3.44. The van der Waals surface area contributed by atoms with Crippen LogP contribution < -0.4 is 0 Å². The SMILES string of the molecule is CC(N=O)c1ccc2nnc(C(C)c3c(F)cc4ncc(C(C)(C)O)cc4c3F)n2n1. The van der Waals surface area contributed by atoms with Crippen molar-refractivity contribution in [2.45, 2.75) is 45.3 Å². The first-order chi connectivity index (χ1) is 14.6. The van der Waals surface area contributed by atoms with E-state index in [1.807, 2.05) is 0 Å². The largest absolute Gasteiger partial charge is 0.386 e. The Balaban J connectivity index is 1.89. The van der Waals surface area contributed by atoms with Crippen LogP contribution in [0.5, 0.6) is 0 Å². The first-order valence-corrected chi connectivity index (χ1v) is 9.67. The normalized spacial score (nSPS) is 14.2. The highest BCUT2D eigenvalue weighted by Crippen LogP contribution is 2.33. The fourth-order valence-electron chi connectivity index (χ4n) is 3.44. The van der Waals surface area contributed by atoms with Gasteiger partial charge in [0.25, 0.3) is 0 Å². The average molecular weight is 426 g/mol. The monoisotopic (exact) mass is 426 g/mol. The summed E-state index contributed by atoms with van der Waals surface area (Å²) in [5.74, 6) is -2.22. The Labute approximate surface area is 175 Å². The van der Waals surface area contributed by atoms with Crippen LogP contribution in [0.1, 0.15) is 62.3 Å². The number of pyridine rings is 1. The van der Waals surface area contributed by atoms with Gasteiger partial charge in [0.15, 0.2) is 11.5 Å². The second-order valence-corrected chi connectivity index (χ2v) is 8.03. The van der Waals surface area contributed by atoms with E-state index in [4.69, 9.17) is 0 Å². The molecule has 0 aliphatic rings. The quantitative estimate of drug-likeness (QED) is 0.481. The molecular formula is C21H20F2N6O2. The lowest BCUT2D eigenvalue weighted by molar-refractivity contribution is 0.0784. The highest BCUT2D eigenvalue weighted by Gasteiger charge is 2.27. The van der Waals surface area contributed by atoms with Crippen LogP contribution in [0.4, 0.5) is 8.78 Å². The summed E-state index contributed by atoms with van der Waals surface area (Å²) in [6.45, 7) is 6.29. The van der Waals surface area contributed by atoms with E-state index in [2.05, 4.69) is 25.5 Å². The maximum atomic E-state index is 15.5. The number of aromatic nitrogens is 5. The number of rotatable bonds is 5. The first-order valence-electron chi connectivity index (χ1n) is 9.67. The van der Waals surface area contributed by atoms with E-state index in [0.29, 0.717) is 16.9 Å². The van der Waals surface area contributed by atoms with Crippen LogP contribution in [0.15, 0.2) is 35.6 Å². The summed E-state index contributed by atoms with van der Waals surface area (Å²) in [5.41, 5.74) is -0.161. The zero-order chi connectivity index (χ0) is 22.5. The van der Waals surface area contributed by atoms with E-state index in [9.17, 15) is 14.4 Å². The molecule has 0 amide bonds. The van der Waals surface area contributed by atoms with Crippen LogP contribution in [0.25, 0.3) is 16.6 Å². The Hall–Kier alpha value is -3.40. The highest BCUT2D eigenvalue weighted by atomic mass is 19.1. The summed E-state index contributed by atoms with van der Waals surface area (Å²) in [4.78, 5) is 15.0. The Morgan fingerprint density at radius 3 is 2.58 bits per heavy atom. The number of halogens is 2. The predicted octanol–water partition coefficient (Wildman–Crippen LogP) is 4.16. The van der Waals surface area contributed by atoms with Crippen molar-refractivity contribution in [1.29, 1.82) is 0 Å². The molecular weight excluding hydrogens is 406 g/mol. The minimum absolute atomic E-state index is 0.0871. The summed E-state index contributed by atoms with van der Waals surface area (Å²) in [5, 5.41) is 25.7. The lowest BCUT2D eigenvalue weighted by atomic mass is 9.94. The van der Waals surface area contributed by atoms with Gasteiger partial charge in [0.1, 0.15) is 17.7 Å². The maximum absolute atomic E-state index is 15.5. The van der Waals surface area contributed by atoms with Crippen molar-refractivity contribution in [1.82, 2.24) is 24.8 Å². The summed E-state index contributed by atoms with van der Waals surface area (Å²) in [6.07, 6.45) is 1.39. The zero-order valence-corrected chi connectivity index (χ0v) is 17.3. The number of benzene rings is 1. The lowest BCUT2D eigenvalue weighted by Crippen LogP contribution is -2.16. The van der Waals surface area contributed by atoms with Gasteiger partial charge >= 0.3 is 0 Å². The topological polar surface area (TPSA) is 106 Å². The molecule has 8 nitrogen and oxygen atoms in total. The van der Waals surface area contributed by atoms with E-state index in [-0.39, 0.29) is 22.3 Å². The third-order valence-corrected chi connectivity index (χ3v) is 5.33. The molecule has 1 aromatic carbocycles. The molecule has 0 fully saturated rings. The molecule has 160 valence electrons. The molecule has 3 aromatic heterocycles. The Morgan fingerprint density at radius 1 is 1.16 bits per heavy atom. The number of hydrogen-bond donors (Lipinski definition) is 1. The smallest absolute Gasteiger partial charge is 0.177 e. The zero-order valence-electron chi connectivity index (χ0n) is 17.3. The van der Waals surface area contributed by atoms with Gasteiger partial charge < -0.3 is 5.11 Å². The molecule has 0 saturated heterocycles. The van der Waals surface area contributed by atoms with Gasteiger partial charge in [-0.3, -0.25) is 4.98 Å². The van der Waals surface area contributed by atoms with Gasteiger partial charge in [0, 0.05) is 34.7 Å². The number of aliphatic hydroxyl groups is 1. The van der Waals surface area contributed by atoms with Crippen LogP contribution in [-0.4, -0.2) is 29.9 Å². The molecule has 0 aliphatic heterocycles. The Bertz CT molecular complexity index is 1310. The van der Waals surface area contributed by atoms with E-state index < -0.39 is 29.2 Å². The summed E-state index contributed by atoms with van der Waals surface area (Å²) in [6, 6.07) is 5.13. The van der Waals surface area contributed by atoms with Gasteiger partial charge in [-0.15, -0.1) is 10.2 Å². The molecule has 4 rings (SSSR count). The van der Waals surface area contributed by atoms with Crippen molar-refractivity contribution in [3.63, 3.8) is 0 Å². The van der Waals surface area contributed by atoms with Crippen LogP contribution in [0.2, 0.25) is 0 Å². The van der Waals surface area contributed by atoms with Crippen molar-refractivity contribution >= 4 is 16.6 Å². The predicted molar refractivity (Wildman–Crippen MR) is 109 cm³/mol. The highest BCUT2D eigenvalue weighted by molar-refractivity contribution is 5.81. The van der Waals surface area contributed by atoms with Crippen molar-refractivity contribution in [2.24, 2.45) is 5.18 Å². The van der Waals surface area contributed by atoms with Gasteiger partial charge in [-0.1, -0.05) is 12.1 Å². The van der Waals surface area contributed by atoms with Gasteiger partial charge in [-0.25, -0.2) is 8.78 Å². The van der Waals surface area contributed by atoms with Crippen LogP contribution in [0.3, 0.4) is 0 Å². The van der Waals surface area contributed by atoms with E-state index in [1.165, 1.54) is 16.8 Å². The van der Waals surface area contributed by atoms with Gasteiger partial charge in [-0.2, -0.15) is 14.5 Å². The van der Waals surface area contributed by atoms with Crippen LogP contribution in [0, 0.1) is 16.5 Å². The van der Waals surface area contributed by atoms with E-state index >= 15 is 4.39 Å². The van der Waals surface area contributed by atoms with Crippen molar-refractivity contribution in [3.05, 3.63) is 69.6 Å². The van der Waals surface area contributed by atoms with Gasteiger partial charge in [0.2, 0.25) is 0 Å². The molecule has 0 saturated carbocycles. The average Bonchev–Trinajstić information content (AvgIpc) is 3.15. The number of fused-ring (bicyclic) bond motifs is 2. The minimum Gasteiger partial charge on any atom is -0.386 e. The molecule has 4 aromatic rings. The maximum Gasteiger partial charge on any atom is 0.177 e. The Morgan fingerprint density at radius 2 is 1.90 bits per heavy atom. The van der Waals surface area contributed by atoms with E-state index in [0.717, 1.165) is 6.07 Å². The third kappa shape index (κ3) is 3.52. The molecule has 0 spiro atoms. The van der Waals surface area contributed by atoms with Crippen LogP contribution >= 0.6 is 0 Å². The molecule has 0 bridgehead atoms. The van der Waals surface area contributed by atoms with Crippen LogP contribution in [-0.2, 0) is 5.60 Å². The van der Waals surface area contributed by atoms with Gasteiger partial charge in [-0.05, 0) is 39.0 Å². The molecule has 1 N–H and O–H groups in total. The summed E-state index contributed by atoms with van der Waals surface area (Å²) in [7, 11) is 0. The minimum atomic E-state index is -1.24. The summed E-state index contributed by atoms with van der Waals surface area (Å²) >= 11 is 0. The lowest BCUT2D eigenvalue weighted by Gasteiger charge is -2.19. The Kier molecular flexibility index (Phi) is 4.97. The molecule has 0 radical (unpaired) electrons. The molecule has 3 heterocycles. The third-order valence-electron chi connectivity index (χ3n) is 5.33. The first kappa shape index (κ1) is 20.9. The standard InChI is InChI=1S/C21H20F2N6O2/c1-10(20-26-25-17-6-5-15(11(2)28-31)27-29(17)20)18-14(22)8-16-13(19(18)23)7-12(9-24-16)21(3,4)30/h5-11,30H,1-4H3. The summed E-state index contributed by atoms with van der Waals surface area (Å²) < 4.78 is 31.8. The van der Waals surface area contributed by atoms with E-state index in [1.54, 1.807) is 39.8 Å². The van der Waals surface area contributed by atoms with Crippen molar-refractivity contribution in [2.75, 3.05) is 0 Å². The number of nitrogens with zero attached hydrogens (tertiary/aromatic N) is 6. The van der Waals surface area contributed by atoms with Crippen molar-refractivity contribution in [3.8, 4) is 0 Å². The molecule has 0 aliphatic carbocycles. The fraction of sp³-hybridized carbons (Fsp3) is 0.333. The van der Waals surface area contributed by atoms with Gasteiger partial charge in [0.05, 0.1) is 16.8 Å². The molecule has 2 atom stereocenters. The number of nitroso groups, excluding NO2 is 1. The molecule has 10 heteroatoms. The second kappa shape index (κ2) is 7.38. The molecule has 31 heavy (non-hydrogen) atoms.